The molecule has 5 nitrogen and oxygen atoms in total. The van der Waals surface area contributed by atoms with Gasteiger partial charge in [0.2, 0.25) is 11.8 Å². The molecule has 4 aliphatic rings. The number of fused-ring (bicyclic) bond motifs is 2. The molecule has 164 valence electrons. The van der Waals surface area contributed by atoms with Gasteiger partial charge in [0.05, 0.1) is 23.1 Å². The van der Waals surface area contributed by atoms with E-state index in [1.807, 2.05) is 54.6 Å². The molecule has 0 radical (unpaired) electrons. The molecule has 0 spiro atoms. The highest BCUT2D eigenvalue weighted by Gasteiger charge is 2.58. The van der Waals surface area contributed by atoms with Crippen LogP contribution < -0.4 is 4.90 Å². The lowest BCUT2D eigenvalue weighted by Gasteiger charge is -2.42. The van der Waals surface area contributed by atoms with E-state index in [-0.39, 0.29) is 48.1 Å². The van der Waals surface area contributed by atoms with Crippen LogP contribution in [0.15, 0.2) is 84.4 Å². The molecule has 2 amide bonds. The molecule has 3 aliphatic carbocycles. The Morgan fingerprint density at radius 2 is 1.58 bits per heavy atom. The summed E-state index contributed by atoms with van der Waals surface area (Å²) in [6.45, 7) is 0.156. The molecule has 2 fully saturated rings. The Balaban J connectivity index is 1.21. The number of amides is 2. The maximum absolute atomic E-state index is 13.3. The van der Waals surface area contributed by atoms with Crippen molar-refractivity contribution in [3.8, 4) is 0 Å². The van der Waals surface area contributed by atoms with Crippen molar-refractivity contribution in [2.75, 3.05) is 11.5 Å². The lowest BCUT2D eigenvalue weighted by atomic mass is 9.60. The summed E-state index contributed by atoms with van der Waals surface area (Å²) < 4.78 is 5.67. The molecule has 2 bridgehead atoms. The summed E-state index contributed by atoms with van der Waals surface area (Å²) in [6.07, 6.45) is 3.81. The second kappa shape index (κ2) is 7.69. The van der Waals surface area contributed by atoms with Crippen molar-refractivity contribution in [1.29, 1.82) is 0 Å². The van der Waals surface area contributed by atoms with Gasteiger partial charge in [-0.1, -0.05) is 54.6 Å². The molecule has 1 saturated carbocycles. The zero-order chi connectivity index (χ0) is 22.5. The van der Waals surface area contributed by atoms with Crippen LogP contribution in [0.25, 0.3) is 10.8 Å². The minimum absolute atomic E-state index is 0.0135. The van der Waals surface area contributed by atoms with Gasteiger partial charge in [-0.3, -0.25) is 14.5 Å². The van der Waals surface area contributed by atoms with Gasteiger partial charge >= 0.3 is 5.97 Å². The van der Waals surface area contributed by atoms with E-state index in [2.05, 4.69) is 6.08 Å². The predicted molar refractivity (Wildman–Crippen MR) is 124 cm³/mol. The van der Waals surface area contributed by atoms with E-state index >= 15 is 0 Å². The van der Waals surface area contributed by atoms with E-state index in [9.17, 15) is 14.4 Å². The first-order valence-corrected chi connectivity index (χ1v) is 11.4. The van der Waals surface area contributed by atoms with Crippen molar-refractivity contribution >= 4 is 34.2 Å². The van der Waals surface area contributed by atoms with Crippen molar-refractivity contribution in [3.63, 3.8) is 0 Å². The van der Waals surface area contributed by atoms with Crippen molar-refractivity contribution in [2.24, 2.45) is 23.7 Å². The van der Waals surface area contributed by atoms with Gasteiger partial charge in [0.1, 0.15) is 6.61 Å². The Morgan fingerprint density at radius 1 is 0.848 bits per heavy atom. The number of benzene rings is 3. The molecular formula is C28H23NO4. The van der Waals surface area contributed by atoms with Gasteiger partial charge in [0.25, 0.3) is 0 Å². The highest BCUT2D eigenvalue weighted by molar-refractivity contribution is 6.22. The van der Waals surface area contributed by atoms with Gasteiger partial charge in [0.15, 0.2) is 0 Å². The van der Waals surface area contributed by atoms with Crippen LogP contribution in [0.3, 0.4) is 0 Å². The molecule has 4 atom stereocenters. The Kier molecular flexibility index (Phi) is 4.64. The summed E-state index contributed by atoms with van der Waals surface area (Å²) in [6, 6.07) is 22.6. The van der Waals surface area contributed by atoms with Crippen molar-refractivity contribution in [1.82, 2.24) is 0 Å². The van der Waals surface area contributed by atoms with Crippen LogP contribution in [-0.4, -0.2) is 24.4 Å². The number of esters is 1. The highest BCUT2D eigenvalue weighted by atomic mass is 16.5. The van der Waals surface area contributed by atoms with E-state index in [4.69, 9.17) is 4.74 Å². The Bertz CT molecular complexity index is 1310. The molecule has 7 rings (SSSR count). The number of carbonyl (C=O) groups excluding carboxylic acids is 3. The van der Waals surface area contributed by atoms with E-state index in [0.29, 0.717) is 11.3 Å². The van der Waals surface area contributed by atoms with Crippen LogP contribution in [0.5, 0.6) is 0 Å². The maximum atomic E-state index is 13.3. The number of nitrogens with zero attached hydrogens (tertiary/aromatic N) is 1. The van der Waals surface area contributed by atoms with Crippen LogP contribution in [0, 0.1) is 23.7 Å². The molecule has 5 heteroatoms. The summed E-state index contributed by atoms with van der Waals surface area (Å²) in [4.78, 5) is 40.6. The van der Waals surface area contributed by atoms with E-state index in [1.54, 1.807) is 18.2 Å². The van der Waals surface area contributed by atoms with Gasteiger partial charge in [-0.2, -0.15) is 0 Å². The fourth-order valence-electron chi connectivity index (χ4n) is 5.85. The summed E-state index contributed by atoms with van der Waals surface area (Å²) in [7, 11) is 0. The number of carbonyl (C=O) groups is 3. The van der Waals surface area contributed by atoms with Gasteiger partial charge in [-0.05, 0) is 65.3 Å². The second-order valence-electron chi connectivity index (χ2n) is 9.13. The summed E-state index contributed by atoms with van der Waals surface area (Å²) in [5, 5.41) is 2.06. The average Bonchev–Trinajstić information content (AvgIpc) is 3.15. The average molecular weight is 437 g/mol. The summed E-state index contributed by atoms with van der Waals surface area (Å²) in [5.74, 6) is -1.33. The van der Waals surface area contributed by atoms with Crippen molar-refractivity contribution in [2.45, 2.75) is 12.8 Å². The SMILES string of the molecule is O=C(OCC1=C[C@@H]2CC[C@H]1C1C(=O)N(c3ccccc3)C(=O)C12)c1ccc2ccccc2c1. The van der Waals surface area contributed by atoms with E-state index in [0.717, 1.165) is 29.2 Å². The number of imide groups is 1. The maximum Gasteiger partial charge on any atom is 0.338 e. The Hall–Kier alpha value is -3.73. The van der Waals surface area contributed by atoms with Crippen LogP contribution in [0.4, 0.5) is 5.69 Å². The second-order valence-corrected chi connectivity index (χ2v) is 9.13. The highest BCUT2D eigenvalue weighted by Crippen LogP contribution is 2.53. The van der Waals surface area contributed by atoms with Gasteiger partial charge in [0, 0.05) is 0 Å². The molecule has 3 aromatic carbocycles. The molecule has 1 aliphatic heterocycles. The van der Waals surface area contributed by atoms with Crippen LogP contribution in [0.1, 0.15) is 23.2 Å². The number of rotatable bonds is 4. The molecule has 0 N–H and O–H groups in total. The summed E-state index contributed by atoms with van der Waals surface area (Å²) in [5.41, 5.74) is 2.11. The Morgan fingerprint density at radius 3 is 2.39 bits per heavy atom. The number of hydrogen-bond acceptors (Lipinski definition) is 4. The number of anilines is 1. The van der Waals surface area contributed by atoms with Gasteiger partial charge in [-0.15, -0.1) is 0 Å². The molecule has 0 aromatic heterocycles. The first kappa shape index (κ1) is 19.9. The molecule has 3 aromatic rings. The van der Waals surface area contributed by atoms with Gasteiger partial charge < -0.3 is 4.74 Å². The monoisotopic (exact) mass is 437 g/mol. The standard InChI is InChI=1S/C28H23NO4/c30-26-24-19-12-13-23(25(24)27(31)29(26)22-8-2-1-3-9-22)21(15-19)16-33-28(32)20-11-10-17-6-4-5-7-18(17)14-20/h1-11,14-15,19,23-25H,12-13,16H2/t19-,23+,24?,25?/m0/s1. The summed E-state index contributed by atoms with van der Waals surface area (Å²) >= 11 is 0. The lowest BCUT2D eigenvalue weighted by Crippen LogP contribution is -2.42. The van der Waals surface area contributed by atoms with E-state index in [1.165, 1.54) is 4.90 Å². The third kappa shape index (κ3) is 3.18. The fourth-order valence-corrected chi connectivity index (χ4v) is 5.85. The first-order chi connectivity index (χ1) is 16.1. The molecule has 1 heterocycles. The van der Waals surface area contributed by atoms with Crippen molar-refractivity contribution < 1.29 is 19.1 Å². The largest absolute Gasteiger partial charge is 0.458 e. The third-order valence-electron chi connectivity index (χ3n) is 7.38. The Labute approximate surface area is 191 Å². The molecule has 2 unspecified atom stereocenters. The van der Waals surface area contributed by atoms with Crippen molar-refractivity contribution in [3.05, 3.63) is 90.0 Å². The smallest absolute Gasteiger partial charge is 0.338 e. The number of ether oxygens (including phenoxy) is 1. The quantitative estimate of drug-likeness (QED) is 0.335. The fraction of sp³-hybridized carbons (Fsp3) is 0.250. The van der Waals surface area contributed by atoms with Crippen LogP contribution >= 0.6 is 0 Å². The van der Waals surface area contributed by atoms with Crippen LogP contribution in [-0.2, 0) is 14.3 Å². The normalized spacial score (nSPS) is 25.8. The van der Waals surface area contributed by atoms with Gasteiger partial charge in [-0.25, -0.2) is 4.79 Å². The predicted octanol–water partition coefficient (Wildman–Crippen LogP) is 4.77. The molecular weight excluding hydrogens is 414 g/mol. The molecule has 33 heavy (non-hydrogen) atoms. The van der Waals surface area contributed by atoms with E-state index < -0.39 is 0 Å². The number of hydrogen-bond donors (Lipinski definition) is 0. The molecule has 1 saturated heterocycles. The number of para-hydroxylation sites is 1. The zero-order valence-corrected chi connectivity index (χ0v) is 18.0. The lowest BCUT2D eigenvalue weighted by molar-refractivity contribution is -0.124. The van der Waals surface area contributed by atoms with Crippen LogP contribution in [0.2, 0.25) is 0 Å². The third-order valence-corrected chi connectivity index (χ3v) is 7.38. The minimum atomic E-state index is -0.376. The topological polar surface area (TPSA) is 63.7 Å². The number of allylic oxidation sites excluding steroid dienone is 1. The zero-order valence-electron chi connectivity index (χ0n) is 18.0. The first-order valence-electron chi connectivity index (χ1n) is 11.4. The minimum Gasteiger partial charge on any atom is -0.458 e.